The molecular weight excluding hydrogens is 352 g/mol. The van der Waals surface area contributed by atoms with E-state index in [1.54, 1.807) is 0 Å². The molecule has 7 heteroatoms. The van der Waals surface area contributed by atoms with Crippen LogP contribution in [0.15, 0.2) is 34.7 Å². The van der Waals surface area contributed by atoms with Crippen molar-refractivity contribution in [2.75, 3.05) is 18.1 Å². The van der Waals surface area contributed by atoms with Crippen LogP contribution >= 0.6 is 23.1 Å². The molecule has 1 heterocycles. The molecule has 25 heavy (non-hydrogen) atoms. The lowest BCUT2D eigenvalue weighted by atomic mass is 9.87. The van der Waals surface area contributed by atoms with E-state index in [-0.39, 0.29) is 5.91 Å². The number of carbonyl (C=O) groups excluding carboxylic acids is 1. The van der Waals surface area contributed by atoms with E-state index in [1.807, 2.05) is 42.3 Å². The van der Waals surface area contributed by atoms with Gasteiger partial charge in [-0.25, -0.2) is 0 Å². The van der Waals surface area contributed by atoms with Gasteiger partial charge in [-0.05, 0) is 43.7 Å². The van der Waals surface area contributed by atoms with Crippen LogP contribution in [-0.4, -0.2) is 39.8 Å². The first kappa shape index (κ1) is 18.2. The van der Waals surface area contributed by atoms with Gasteiger partial charge in [0.25, 0.3) is 0 Å². The Hall–Kier alpha value is -1.60. The molecule has 1 fully saturated rings. The minimum absolute atomic E-state index is 0.178. The number of benzene rings is 1. The number of anilines is 2. The predicted molar refractivity (Wildman–Crippen MR) is 105 cm³/mol. The highest BCUT2D eigenvalue weighted by Crippen LogP contribution is 2.29. The van der Waals surface area contributed by atoms with Crippen LogP contribution in [0.4, 0.5) is 10.8 Å². The number of hydrogen-bond acceptors (Lipinski definition) is 6. The topological polar surface area (TPSA) is 58.1 Å². The van der Waals surface area contributed by atoms with Crippen molar-refractivity contribution in [3.05, 3.63) is 30.3 Å². The van der Waals surface area contributed by atoms with Gasteiger partial charge in [-0.3, -0.25) is 4.79 Å². The Labute approximate surface area is 157 Å². The fourth-order valence-electron chi connectivity index (χ4n) is 3.02. The lowest BCUT2D eigenvalue weighted by molar-refractivity contribution is -0.129. The summed E-state index contributed by atoms with van der Waals surface area (Å²) in [5.74, 6) is 1.39. The summed E-state index contributed by atoms with van der Waals surface area (Å²) in [5.41, 5.74) is 0.984. The smallest absolute Gasteiger partial charge is 0.233 e. The third-order valence-electron chi connectivity index (χ3n) is 4.68. The Morgan fingerprint density at radius 2 is 1.96 bits per heavy atom. The summed E-state index contributed by atoms with van der Waals surface area (Å²) in [4.78, 5) is 14.4. The van der Waals surface area contributed by atoms with Gasteiger partial charge in [0.1, 0.15) is 0 Å². The van der Waals surface area contributed by atoms with Gasteiger partial charge in [0.15, 0.2) is 4.34 Å². The molecule has 0 bridgehead atoms. The van der Waals surface area contributed by atoms with Crippen molar-refractivity contribution in [3.8, 4) is 0 Å². The number of thioether (sulfide) groups is 1. The van der Waals surface area contributed by atoms with E-state index < -0.39 is 0 Å². The summed E-state index contributed by atoms with van der Waals surface area (Å²) in [7, 11) is 1.94. The van der Waals surface area contributed by atoms with Crippen LogP contribution in [0, 0.1) is 5.92 Å². The van der Waals surface area contributed by atoms with Crippen molar-refractivity contribution in [1.29, 1.82) is 0 Å². The molecule has 1 saturated carbocycles. The number of hydrogen-bond donors (Lipinski definition) is 1. The van der Waals surface area contributed by atoms with Gasteiger partial charge in [0, 0.05) is 18.8 Å². The van der Waals surface area contributed by atoms with Crippen LogP contribution in [0.3, 0.4) is 0 Å². The van der Waals surface area contributed by atoms with Crippen molar-refractivity contribution in [2.45, 2.75) is 43.0 Å². The second-order valence-corrected chi connectivity index (χ2v) is 8.77. The molecule has 0 unspecified atom stereocenters. The van der Waals surface area contributed by atoms with E-state index in [0.29, 0.717) is 11.8 Å². The molecule has 1 N–H and O–H groups in total. The van der Waals surface area contributed by atoms with Crippen LogP contribution in [0.5, 0.6) is 0 Å². The first-order valence-corrected chi connectivity index (χ1v) is 10.5. The Morgan fingerprint density at radius 3 is 2.68 bits per heavy atom. The van der Waals surface area contributed by atoms with Crippen LogP contribution in [0.2, 0.25) is 0 Å². The van der Waals surface area contributed by atoms with Crippen molar-refractivity contribution in [1.82, 2.24) is 15.1 Å². The largest absolute Gasteiger partial charge is 0.342 e. The first-order chi connectivity index (χ1) is 12.1. The number of rotatable bonds is 6. The van der Waals surface area contributed by atoms with Crippen LogP contribution < -0.4 is 5.32 Å². The van der Waals surface area contributed by atoms with E-state index in [9.17, 15) is 4.79 Å². The Balaban J connectivity index is 1.47. The molecule has 134 valence electrons. The summed E-state index contributed by atoms with van der Waals surface area (Å²) in [6.07, 6.45) is 4.69. The zero-order valence-corrected chi connectivity index (χ0v) is 16.3. The third-order valence-corrected chi connectivity index (χ3v) is 6.63. The molecule has 0 atom stereocenters. The van der Waals surface area contributed by atoms with Gasteiger partial charge >= 0.3 is 0 Å². The molecule has 1 amide bonds. The van der Waals surface area contributed by atoms with Crippen molar-refractivity contribution in [2.24, 2.45) is 5.92 Å². The number of carbonyl (C=O) groups is 1. The van der Waals surface area contributed by atoms with Gasteiger partial charge in [-0.15, -0.1) is 10.2 Å². The Bertz CT molecular complexity index is 683. The van der Waals surface area contributed by atoms with Gasteiger partial charge in [-0.2, -0.15) is 0 Å². The van der Waals surface area contributed by atoms with E-state index in [0.717, 1.165) is 33.9 Å². The van der Waals surface area contributed by atoms with Crippen LogP contribution in [-0.2, 0) is 4.79 Å². The normalized spacial score (nSPS) is 20.2. The molecular formula is C18H24N4OS2. The monoisotopic (exact) mass is 376 g/mol. The first-order valence-electron chi connectivity index (χ1n) is 8.66. The number of para-hydroxylation sites is 1. The van der Waals surface area contributed by atoms with Gasteiger partial charge in [-0.1, -0.05) is 48.2 Å². The zero-order valence-electron chi connectivity index (χ0n) is 14.6. The highest BCUT2D eigenvalue weighted by atomic mass is 32.2. The average molecular weight is 377 g/mol. The molecule has 1 aliphatic carbocycles. The second-order valence-electron chi connectivity index (χ2n) is 6.57. The second kappa shape index (κ2) is 8.67. The lowest BCUT2D eigenvalue weighted by Crippen LogP contribution is -2.40. The maximum Gasteiger partial charge on any atom is 0.233 e. The molecule has 0 aliphatic heterocycles. The SMILES string of the molecule is CC1CCC(N(C)C(=O)CSc2nnc(Nc3ccccc3)s2)CC1. The summed E-state index contributed by atoms with van der Waals surface area (Å²) < 4.78 is 0.817. The summed E-state index contributed by atoms with van der Waals surface area (Å²) in [6, 6.07) is 10.3. The zero-order chi connectivity index (χ0) is 17.6. The van der Waals surface area contributed by atoms with E-state index in [4.69, 9.17) is 0 Å². The molecule has 1 aromatic heterocycles. The number of aromatic nitrogens is 2. The van der Waals surface area contributed by atoms with Gasteiger partial charge < -0.3 is 10.2 Å². The maximum absolute atomic E-state index is 12.4. The fraction of sp³-hybridized carbons (Fsp3) is 0.500. The highest BCUT2D eigenvalue weighted by Gasteiger charge is 2.24. The minimum atomic E-state index is 0.178. The predicted octanol–water partition coefficient (Wildman–Crippen LogP) is 4.41. The molecule has 1 aliphatic rings. The molecule has 0 spiro atoms. The van der Waals surface area contributed by atoms with Gasteiger partial charge in [0.05, 0.1) is 5.75 Å². The third kappa shape index (κ3) is 5.19. The highest BCUT2D eigenvalue weighted by molar-refractivity contribution is 8.01. The quantitative estimate of drug-likeness (QED) is 0.757. The van der Waals surface area contributed by atoms with Crippen molar-refractivity contribution in [3.63, 3.8) is 0 Å². The number of amides is 1. The van der Waals surface area contributed by atoms with Crippen molar-refractivity contribution < 1.29 is 4.79 Å². The minimum Gasteiger partial charge on any atom is -0.342 e. The maximum atomic E-state index is 12.4. The average Bonchev–Trinajstić information content (AvgIpc) is 3.08. The molecule has 3 rings (SSSR count). The van der Waals surface area contributed by atoms with E-state index in [1.165, 1.54) is 35.9 Å². The van der Waals surface area contributed by atoms with Crippen molar-refractivity contribution >= 4 is 39.8 Å². The fourth-order valence-corrected chi connectivity index (χ4v) is 4.72. The molecule has 5 nitrogen and oxygen atoms in total. The summed E-state index contributed by atoms with van der Waals surface area (Å²) in [5, 5.41) is 12.3. The molecule has 2 aromatic rings. The van der Waals surface area contributed by atoms with Crippen LogP contribution in [0.1, 0.15) is 32.6 Å². The van der Waals surface area contributed by atoms with E-state index in [2.05, 4.69) is 22.4 Å². The van der Waals surface area contributed by atoms with Gasteiger partial charge in [0.2, 0.25) is 11.0 Å². The summed E-state index contributed by atoms with van der Waals surface area (Å²) >= 11 is 2.94. The van der Waals surface area contributed by atoms with E-state index >= 15 is 0 Å². The lowest BCUT2D eigenvalue weighted by Gasteiger charge is -2.33. The Kier molecular flexibility index (Phi) is 6.31. The molecule has 0 saturated heterocycles. The molecule has 0 radical (unpaired) electrons. The van der Waals surface area contributed by atoms with Crippen LogP contribution in [0.25, 0.3) is 0 Å². The summed E-state index contributed by atoms with van der Waals surface area (Å²) in [6.45, 7) is 2.30. The molecule has 1 aromatic carbocycles. The number of nitrogens with zero attached hydrogens (tertiary/aromatic N) is 3. The Morgan fingerprint density at radius 1 is 1.24 bits per heavy atom. The number of nitrogens with one attached hydrogen (secondary N) is 1. The standard InChI is InChI=1S/C18H24N4OS2/c1-13-8-10-15(11-9-13)22(2)16(23)12-24-18-21-20-17(25-18)19-14-6-4-3-5-7-14/h3-7,13,15H,8-12H2,1-2H3,(H,19,20).